The highest BCUT2D eigenvalue weighted by Gasteiger charge is 2.74. The number of ether oxygens (including phenoxy) is 8. The van der Waals surface area contributed by atoms with Crippen molar-refractivity contribution >= 4 is 5.97 Å². The predicted molar refractivity (Wildman–Crippen MR) is 266 cm³/mol. The lowest BCUT2D eigenvalue weighted by molar-refractivity contribution is -0.406. The number of fused-ring (bicyclic) bond motifs is 7. The van der Waals surface area contributed by atoms with Gasteiger partial charge in [0.15, 0.2) is 31.3 Å². The van der Waals surface area contributed by atoms with E-state index in [4.69, 9.17) is 37.9 Å². The molecule has 0 unspecified atom stereocenters. The molecule has 9 aliphatic rings. The van der Waals surface area contributed by atoms with Crippen LogP contribution in [0.2, 0.25) is 0 Å². The molecule has 0 radical (unpaired) electrons. The average Bonchev–Trinajstić information content (AvgIpc) is 3.12. The molecule has 31 atom stereocenters. The van der Waals surface area contributed by atoms with Crippen LogP contribution in [0.1, 0.15) is 100 Å². The summed E-state index contributed by atoms with van der Waals surface area (Å²) in [4.78, 5) is 13.1. The largest absolute Gasteiger partial charge is 0.479 e. The molecule has 4 heterocycles. The van der Waals surface area contributed by atoms with Crippen LogP contribution in [0.25, 0.3) is 0 Å². The van der Waals surface area contributed by atoms with Gasteiger partial charge < -0.3 is 120 Å². The van der Waals surface area contributed by atoms with Crippen LogP contribution in [0.15, 0.2) is 11.6 Å². The van der Waals surface area contributed by atoms with Crippen LogP contribution < -0.4 is 0 Å². The van der Waals surface area contributed by atoms with Gasteiger partial charge in [0.05, 0.1) is 55.8 Å². The Morgan fingerprint density at radius 2 is 1.14 bits per heavy atom. The van der Waals surface area contributed by atoms with Gasteiger partial charge in [-0.3, -0.25) is 0 Å². The lowest BCUT2D eigenvalue weighted by Gasteiger charge is -2.73. The Balaban J connectivity index is 1.06. The number of aliphatic hydroxyl groups is 15. The van der Waals surface area contributed by atoms with Gasteiger partial charge in [0.1, 0.15) is 85.5 Å². The summed E-state index contributed by atoms with van der Waals surface area (Å²) < 4.78 is 48.9. The number of rotatable bonds is 12. The fraction of sp³-hybridized carbons (Fsp3) is 0.944. The van der Waals surface area contributed by atoms with Crippen LogP contribution in [-0.4, -0.2) is 255 Å². The van der Waals surface area contributed by atoms with Crippen molar-refractivity contribution in [3.8, 4) is 0 Å². The monoisotopic (exact) mass is 1140 g/mol. The molecule has 4 saturated carbocycles. The van der Waals surface area contributed by atoms with E-state index in [2.05, 4.69) is 33.8 Å². The standard InChI is InChI=1S/C54H88O25/c1-20-29(59)32(62)35(65)45(72-20)78-40-34(64)31(61)24(18-56)74-47(40)76-38-37(67)39(44(70)71)77-48(41(38)79-46-36(66)33(63)30(60)23(17-55)73-46)75-28-12-13-51(6)25(50(28,4)5)11-14-52(7)26(51)10-9-21-22-15-49(2,3)16-27(58)54(22,19-57)43(69)42(68)53(21,52)8/h9,20,22-43,45-48,55-69H,10-19H2,1-8H3,(H,70,71)/t20-,22+,23+,24+,25+,26+,27-,28-,29-,30+,31-,32+,33-,34-,35+,36+,37-,38-,39-,40+,41+,42-,43+,45-,46-,47-,48+,51-,52+,53-,54+/m0/s1. The minimum absolute atomic E-state index is 0.0887. The van der Waals surface area contributed by atoms with E-state index in [9.17, 15) is 86.5 Å². The van der Waals surface area contributed by atoms with E-state index in [1.165, 1.54) is 6.92 Å². The lowest BCUT2D eigenvalue weighted by Crippen LogP contribution is -2.74. The topological polar surface area (TPSA) is 415 Å². The summed E-state index contributed by atoms with van der Waals surface area (Å²) in [5, 5.41) is 178. The molecule has 0 spiro atoms. The number of carbonyl (C=O) groups is 1. The second kappa shape index (κ2) is 22.0. The molecule has 4 aliphatic heterocycles. The molecule has 9 rings (SSSR count). The molecule has 454 valence electrons. The van der Waals surface area contributed by atoms with Gasteiger partial charge in [0.2, 0.25) is 0 Å². The highest BCUT2D eigenvalue weighted by molar-refractivity contribution is 5.73. The summed E-state index contributed by atoms with van der Waals surface area (Å²) in [6, 6.07) is 0. The average molecular weight is 1140 g/mol. The van der Waals surface area contributed by atoms with Crippen LogP contribution in [-0.2, 0) is 42.7 Å². The molecule has 0 amide bonds. The number of carboxylic acids is 1. The Morgan fingerprint density at radius 1 is 0.582 bits per heavy atom. The fourth-order valence-corrected chi connectivity index (χ4v) is 16.9. The van der Waals surface area contributed by atoms with Crippen LogP contribution in [0.5, 0.6) is 0 Å². The van der Waals surface area contributed by atoms with Gasteiger partial charge >= 0.3 is 5.97 Å². The van der Waals surface area contributed by atoms with E-state index in [1.54, 1.807) is 0 Å². The number of aliphatic carboxylic acids is 1. The Morgan fingerprint density at radius 3 is 1.75 bits per heavy atom. The quantitative estimate of drug-likeness (QED) is 0.0665. The molecule has 0 aromatic rings. The number of hydrogen-bond acceptors (Lipinski definition) is 24. The summed E-state index contributed by atoms with van der Waals surface area (Å²) in [6.45, 7) is 13.6. The molecule has 0 bridgehead atoms. The van der Waals surface area contributed by atoms with Crippen molar-refractivity contribution in [3.63, 3.8) is 0 Å². The van der Waals surface area contributed by atoms with E-state index in [0.29, 0.717) is 44.9 Å². The van der Waals surface area contributed by atoms with Crippen molar-refractivity contribution in [2.45, 2.75) is 248 Å². The first kappa shape index (κ1) is 61.8. The normalized spacial score (nSPS) is 55.3. The SMILES string of the molecule is C[C@@H]1O[C@@H](O[C@H]2[C@H](O[C@H]3[C@H](O)[C@@H](C(=O)O)O[C@@H](O[C@H]4CC[C@@]5(C)[C@H](CC[C@]6(C)[C@@H]5CC=C5[C@H]7CC(C)(C)C[C@H](O)[C@]7(CO)[C@H](O)[C@H](O)[C@]56C)C4(C)C)[C@@H]3O[C@@H]3O[C@H](CO)[C@@H](O)[C@H](O)[C@H]3O)O[C@H](CO)[C@H](O)[C@@H]2O)[C@H](O)[C@H](O)[C@H]1O. The fourth-order valence-electron chi connectivity index (χ4n) is 16.9. The molecule has 16 N–H and O–H groups in total. The van der Waals surface area contributed by atoms with Crippen LogP contribution >= 0.6 is 0 Å². The van der Waals surface area contributed by atoms with E-state index < -0.39 is 206 Å². The number of hydrogen-bond donors (Lipinski definition) is 16. The molecule has 5 aliphatic carbocycles. The minimum Gasteiger partial charge on any atom is -0.479 e. The van der Waals surface area contributed by atoms with Gasteiger partial charge in [-0.15, -0.1) is 0 Å². The zero-order valence-corrected chi connectivity index (χ0v) is 46.1. The smallest absolute Gasteiger partial charge is 0.335 e. The molecule has 25 heteroatoms. The lowest BCUT2D eigenvalue weighted by atomic mass is 9.32. The van der Waals surface area contributed by atoms with Crippen molar-refractivity contribution in [1.82, 2.24) is 0 Å². The minimum atomic E-state index is -2.27. The van der Waals surface area contributed by atoms with Gasteiger partial charge in [-0.2, -0.15) is 0 Å². The summed E-state index contributed by atoms with van der Waals surface area (Å²) in [5.74, 6) is -2.37. The zero-order chi connectivity index (χ0) is 58.2. The highest BCUT2D eigenvalue weighted by atomic mass is 16.8. The summed E-state index contributed by atoms with van der Waals surface area (Å²) in [6.07, 6.45) is -36.8. The number of carboxylic acid groups (broad SMARTS) is 1. The van der Waals surface area contributed by atoms with Gasteiger partial charge in [-0.25, -0.2) is 4.79 Å². The van der Waals surface area contributed by atoms with E-state index in [0.717, 1.165) is 5.57 Å². The van der Waals surface area contributed by atoms with Crippen molar-refractivity contribution in [2.75, 3.05) is 19.8 Å². The van der Waals surface area contributed by atoms with Crippen LogP contribution in [0, 0.1) is 50.2 Å². The highest BCUT2D eigenvalue weighted by Crippen LogP contribution is 2.76. The van der Waals surface area contributed by atoms with Crippen LogP contribution in [0.4, 0.5) is 0 Å². The maximum atomic E-state index is 13.1. The predicted octanol–water partition coefficient (Wildman–Crippen LogP) is -3.53. The maximum Gasteiger partial charge on any atom is 0.335 e. The molecular weight excluding hydrogens is 1050 g/mol. The first-order valence-electron chi connectivity index (χ1n) is 28.0. The van der Waals surface area contributed by atoms with Gasteiger partial charge in [0.25, 0.3) is 0 Å². The van der Waals surface area contributed by atoms with E-state index in [1.807, 2.05) is 20.8 Å². The first-order chi connectivity index (χ1) is 36.8. The maximum absolute atomic E-state index is 13.1. The second-order valence-electron chi connectivity index (χ2n) is 26.6. The molecule has 8 fully saturated rings. The van der Waals surface area contributed by atoms with Crippen molar-refractivity contribution < 1.29 is 124 Å². The van der Waals surface area contributed by atoms with Crippen molar-refractivity contribution in [1.29, 1.82) is 0 Å². The first-order valence-corrected chi connectivity index (χ1v) is 28.0. The second-order valence-corrected chi connectivity index (χ2v) is 26.6. The Kier molecular flexibility index (Phi) is 17.2. The molecule has 79 heavy (non-hydrogen) atoms. The van der Waals surface area contributed by atoms with Gasteiger partial charge in [-0.05, 0) is 91.3 Å². The third-order valence-corrected chi connectivity index (χ3v) is 21.6. The molecule has 25 nitrogen and oxygen atoms in total. The third-order valence-electron chi connectivity index (χ3n) is 21.6. The number of allylic oxidation sites excluding steroid dienone is 1. The third kappa shape index (κ3) is 9.61. The van der Waals surface area contributed by atoms with Crippen molar-refractivity contribution in [3.05, 3.63) is 11.6 Å². The summed E-state index contributed by atoms with van der Waals surface area (Å²) >= 11 is 0. The van der Waals surface area contributed by atoms with Crippen LogP contribution in [0.3, 0.4) is 0 Å². The molecule has 0 aromatic carbocycles. The van der Waals surface area contributed by atoms with Gasteiger partial charge in [0, 0.05) is 5.41 Å². The molecule has 4 saturated heterocycles. The molecular formula is C54H88O25. The number of aliphatic hydroxyl groups excluding tert-OH is 15. The Bertz CT molecular complexity index is 2200. The Hall–Kier alpha value is -1.71. The zero-order valence-electron chi connectivity index (χ0n) is 46.1. The van der Waals surface area contributed by atoms with E-state index >= 15 is 0 Å². The molecule has 0 aromatic heterocycles. The van der Waals surface area contributed by atoms with E-state index in [-0.39, 0.29) is 17.3 Å². The summed E-state index contributed by atoms with van der Waals surface area (Å²) in [7, 11) is 0. The van der Waals surface area contributed by atoms with Gasteiger partial charge in [-0.1, -0.05) is 60.1 Å². The Labute approximate surface area is 458 Å². The summed E-state index contributed by atoms with van der Waals surface area (Å²) in [5.41, 5.74) is -3.63. The van der Waals surface area contributed by atoms with Crippen molar-refractivity contribution in [2.24, 2.45) is 50.2 Å².